The van der Waals surface area contributed by atoms with Crippen LogP contribution >= 0.6 is 0 Å². The Kier molecular flexibility index (Phi) is 8.45. The van der Waals surface area contributed by atoms with E-state index in [0.717, 1.165) is 29.9 Å². The molecule has 3 N–H and O–H groups in total. The lowest BCUT2D eigenvalue weighted by Gasteiger charge is -2.26. The molecule has 0 heterocycles. The van der Waals surface area contributed by atoms with E-state index in [9.17, 15) is 4.79 Å². The Hall–Kier alpha value is -2.04. The van der Waals surface area contributed by atoms with Crippen molar-refractivity contribution in [3.05, 3.63) is 35.4 Å². The summed E-state index contributed by atoms with van der Waals surface area (Å²) in [6.45, 7) is 6.59. The summed E-state index contributed by atoms with van der Waals surface area (Å²) in [5.41, 5.74) is 1.82. The van der Waals surface area contributed by atoms with Gasteiger partial charge < -0.3 is 16.0 Å². The normalized spacial score (nSPS) is 20.5. The molecule has 0 aliphatic heterocycles. The third-order valence-corrected chi connectivity index (χ3v) is 5.13. The van der Waals surface area contributed by atoms with E-state index in [-0.39, 0.29) is 5.91 Å². The zero-order valence-electron chi connectivity index (χ0n) is 16.5. The topological polar surface area (TPSA) is 65.5 Å². The molecular weight excluding hydrogens is 324 g/mol. The first-order valence-corrected chi connectivity index (χ1v) is 9.94. The summed E-state index contributed by atoms with van der Waals surface area (Å²) in [6.07, 6.45) is 6.73. The van der Waals surface area contributed by atoms with Gasteiger partial charge >= 0.3 is 0 Å². The van der Waals surface area contributed by atoms with Gasteiger partial charge in [-0.2, -0.15) is 0 Å². The summed E-state index contributed by atoms with van der Waals surface area (Å²) in [7, 11) is 1.80. The van der Waals surface area contributed by atoms with Crippen LogP contribution in [-0.2, 0) is 6.54 Å². The zero-order chi connectivity index (χ0) is 18.8. The minimum atomic E-state index is -0.0264. The van der Waals surface area contributed by atoms with Gasteiger partial charge in [0.05, 0.1) is 0 Å². The highest BCUT2D eigenvalue weighted by atomic mass is 16.1. The van der Waals surface area contributed by atoms with Crippen molar-refractivity contribution in [3.63, 3.8) is 0 Å². The second kappa shape index (κ2) is 10.8. The maximum Gasteiger partial charge on any atom is 0.251 e. The summed E-state index contributed by atoms with van der Waals surface area (Å²) in [5, 5.41) is 9.58. The predicted octanol–water partition coefficient (Wildman–Crippen LogP) is 3.32. The predicted molar refractivity (Wildman–Crippen MR) is 108 cm³/mol. The Bertz CT molecular complexity index is 582. The van der Waals surface area contributed by atoms with Crippen LogP contribution in [-0.4, -0.2) is 32.0 Å². The van der Waals surface area contributed by atoms with Crippen molar-refractivity contribution >= 4 is 11.9 Å². The second-order valence-corrected chi connectivity index (χ2v) is 7.34. The summed E-state index contributed by atoms with van der Waals surface area (Å²) in [6, 6.07) is 7.69. The smallest absolute Gasteiger partial charge is 0.251 e. The van der Waals surface area contributed by atoms with E-state index in [0.29, 0.717) is 18.7 Å². The third kappa shape index (κ3) is 6.70. The molecule has 5 nitrogen and oxygen atoms in total. The van der Waals surface area contributed by atoms with Crippen LogP contribution in [0.4, 0.5) is 0 Å². The van der Waals surface area contributed by atoms with Gasteiger partial charge in [0.25, 0.3) is 5.91 Å². The van der Waals surface area contributed by atoms with Crippen molar-refractivity contribution in [2.75, 3.05) is 20.1 Å². The van der Waals surface area contributed by atoms with Crippen LogP contribution in [0.1, 0.15) is 61.9 Å². The van der Waals surface area contributed by atoms with Gasteiger partial charge in [-0.05, 0) is 49.3 Å². The molecule has 1 aromatic rings. The van der Waals surface area contributed by atoms with Gasteiger partial charge in [0, 0.05) is 32.2 Å². The Morgan fingerprint density at radius 3 is 2.58 bits per heavy atom. The van der Waals surface area contributed by atoms with Crippen LogP contribution in [0, 0.1) is 11.8 Å². The standard InChI is InChI=1S/C21H34N4O/c1-4-23-20(26)19-10-8-18(9-11-19)15-25-21(22-3)24-13-12-17-7-5-6-16(2)14-17/h8-11,16-17H,4-7,12-15H2,1-3H3,(H,23,26)(H2,22,24,25). The molecule has 26 heavy (non-hydrogen) atoms. The van der Waals surface area contributed by atoms with E-state index in [1.54, 1.807) is 7.05 Å². The van der Waals surface area contributed by atoms with Gasteiger partial charge in [-0.3, -0.25) is 9.79 Å². The van der Waals surface area contributed by atoms with Gasteiger partial charge in [0.2, 0.25) is 0 Å². The van der Waals surface area contributed by atoms with Gasteiger partial charge in [-0.1, -0.05) is 38.3 Å². The Balaban J connectivity index is 1.72. The molecule has 0 radical (unpaired) electrons. The number of nitrogens with one attached hydrogen (secondary N) is 3. The highest BCUT2D eigenvalue weighted by Crippen LogP contribution is 2.30. The fourth-order valence-electron chi connectivity index (χ4n) is 3.66. The molecule has 1 amide bonds. The quantitative estimate of drug-likeness (QED) is 0.517. The van der Waals surface area contributed by atoms with Crippen molar-refractivity contribution in [2.24, 2.45) is 16.8 Å². The lowest BCUT2D eigenvalue weighted by Crippen LogP contribution is -2.38. The van der Waals surface area contributed by atoms with Crippen LogP contribution in [0.5, 0.6) is 0 Å². The van der Waals surface area contributed by atoms with Crippen LogP contribution in [0.3, 0.4) is 0 Å². The van der Waals surface area contributed by atoms with E-state index in [1.165, 1.54) is 32.1 Å². The summed E-state index contributed by atoms with van der Waals surface area (Å²) in [5.74, 6) is 2.54. The maximum absolute atomic E-state index is 11.8. The molecule has 1 fully saturated rings. The SMILES string of the molecule is CCNC(=O)c1ccc(CNC(=NC)NCCC2CCCC(C)C2)cc1. The molecule has 144 valence electrons. The highest BCUT2D eigenvalue weighted by molar-refractivity contribution is 5.94. The zero-order valence-corrected chi connectivity index (χ0v) is 16.5. The number of carbonyl (C=O) groups excluding carboxylic acids is 1. The van der Waals surface area contributed by atoms with Crippen LogP contribution < -0.4 is 16.0 Å². The molecule has 0 spiro atoms. The lowest BCUT2D eigenvalue weighted by atomic mass is 9.81. The minimum absolute atomic E-state index is 0.0264. The molecule has 1 aliphatic carbocycles. The maximum atomic E-state index is 11.8. The third-order valence-electron chi connectivity index (χ3n) is 5.13. The lowest BCUT2D eigenvalue weighted by molar-refractivity contribution is 0.0956. The van der Waals surface area contributed by atoms with Crippen molar-refractivity contribution in [2.45, 2.75) is 52.5 Å². The molecular formula is C21H34N4O. The summed E-state index contributed by atoms with van der Waals surface area (Å²) < 4.78 is 0. The molecule has 2 rings (SSSR count). The van der Waals surface area contributed by atoms with Crippen molar-refractivity contribution < 1.29 is 4.79 Å². The number of rotatable bonds is 7. The molecule has 0 saturated heterocycles. The number of benzene rings is 1. The molecule has 0 aromatic heterocycles. The number of carbonyl (C=O) groups is 1. The van der Waals surface area contributed by atoms with Crippen LogP contribution in [0.15, 0.2) is 29.3 Å². The van der Waals surface area contributed by atoms with Gasteiger partial charge in [0.1, 0.15) is 0 Å². The van der Waals surface area contributed by atoms with E-state index in [1.807, 2.05) is 31.2 Å². The van der Waals surface area contributed by atoms with E-state index in [4.69, 9.17) is 0 Å². The first kappa shape index (κ1) is 20.3. The Labute approximate surface area is 158 Å². The summed E-state index contributed by atoms with van der Waals surface area (Å²) in [4.78, 5) is 16.1. The monoisotopic (exact) mass is 358 g/mol. The highest BCUT2D eigenvalue weighted by Gasteiger charge is 2.18. The number of hydrogen-bond acceptors (Lipinski definition) is 2. The van der Waals surface area contributed by atoms with E-state index >= 15 is 0 Å². The Morgan fingerprint density at radius 1 is 1.15 bits per heavy atom. The molecule has 1 aliphatic rings. The van der Waals surface area contributed by atoms with Crippen molar-refractivity contribution in [1.29, 1.82) is 0 Å². The largest absolute Gasteiger partial charge is 0.356 e. The second-order valence-electron chi connectivity index (χ2n) is 7.34. The number of guanidine groups is 1. The fraction of sp³-hybridized carbons (Fsp3) is 0.619. The van der Waals surface area contributed by atoms with Crippen molar-refractivity contribution in [3.8, 4) is 0 Å². The van der Waals surface area contributed by atoms with Gasteiger partial charge in [0.15, 0.2) is 5.96 Å². The fourth-order valence-corrected chi connectivity index (χ4v) is 3.66. The van der Waals surface area contributed by atoms with Gasteiger partial charge in [-0.15, -0.1) is 0 Å². The molecule has 2 unspecified atom stereocenters. The number of nitrogens with zero attached hydrogens (tertiary/aromatic N) is 1. The molecule has 5 heteroatoms. The average molecular weight is 359 g/mol. The van der Waals surface area contributed by atoms with Crippen LogP contribution in [0.2, 0.25) is 0 Å². The number of hydrogen-bond donors (Lipinski definition) is 3. The van der Waals surface area contributed by atoms with E-state index < -0.39 is 0 Å². The average Bonchev–Trinajstić information content (AvgIpc) is 2.65. The van der Waals surface area contributed by atoms with E-state index in [2.05, 4.69) is 27.9 Å². The van der Waals surface area contributed by atoms with Crippen molar-refractivity contribution in [1.82, 2.24) is 16.0 Å². The molecule has 1 aromatic carbocycles. The number of aliphatic imine (C=N–C) groups is 1. The van der Waals surface area contributed by atoms with Crippen LogP contribution in [0.25, 0.3) is 0 Å². The minimum Gasteiger partial charge on any atom is -0.356 e. The molecule has 0 bridgehead atoms. The Morgan fingerprint density at radius 2 is 1.92 bits per heavy atom. The van der Waals surface area contributed by atoms with Gasteiger partial charge in [-0.25, -0.2) is 0 Å². The summed E-state index contributed by atoms with van der Waals surface area (Å²) >= 11 is 0. The molecule has 1 saturated carbocycles. The number of amides is 1. The first-order chi connectivity index (χ1) is 12.6. The molecule has 2 atom stereocenters. The first-order valence-electron chi connectivity index (χ1n) is 9.94.